The van der Waals surface area contributed by atoms with Gasteiger partial charge in [0.1, 0.15) is 5.75 Å². The fraction of sp³-hybridized carbons (Fsp3) is 0.387. The van der Waals surface area contributed by atoms with Gasteiger partial charge in [-0.25, -0.2) is 8.42 Å². The lowest BCUT2D eigenvalue weighted by Gasteiger charge is -2.38. The smallest absolute Gasteiger partial charge is 0.258 e. The number of amides is 1. The quantitative estimate of drug-likeness (QED) is 0.328. The van der Waals surface area contributed by atoms with Crippen molar-refractivity contribution in [3.05, 3.63) is 83.4 Å². The molecule has 2 saturated carbocycles. The average molecular weight is 563 g/mol. The summed E-state index contributed by atoms with van der Waals surface area (Å²) in [5.41, 5.74) is 4.73. The van der Waals surface area contributed by atoms with Crippen molar-refractivity contribution in [2.45, 2.75) is 54.6 Å². The molecule has 1 amide bonds. The summed E-state index contributed by atoms with van der Waals surface area (Å²) in [7, 11) is -1.75. The maximum Gasteiger partial charge on any atom is 0.258 e. The molecule has 3 aliphatic rings. The third kappa shape index (κ3) is 5.29. The molecule has 2 fully saturated rings. The molecule has 39 heavy (non-hydrogen) atoms. The van der Waals surface area contributed by atoms with E-state index in [0.29, 0.717) is 23.2 Å². The fourth-order valence-corrected chi connectivity index (χ4v) is 7.88. The highest BCUT2D eigenvalue weighted by atomic mass is 32.2. The van der Waals surface area contributed by atoms with Crippen LogP contribution in [0.25, 0.3) is 0 Å². The zero-order valence-electron chi connectivity index (χ0n) is 22.4. The number of benzene rings is 3. The van der Waals surface area contributed by atoms with Crippen molar-refractivity contribution in [1.82, 2.24) is 0 Å². The van der Waals surface area contributed by atoms with Gasteiger partial charge in [-0.3, -0.25) is 9.52 Å². The highest BCUT2D eigenvalue weighted by Gasteiger charge is 2.53. The zero-order valence-corrected chi connectivity index (χ0v) is 24.0. The van der Waals surface area contributed by atoms with Crippen LogP contribution in [0.2, 0.25) is 0 Å². The first-order valence-corrected chi connectivity index (χ1v) is 16.4. The van der Waals surface area contributed by atoms with Gasteiger partial charge in [-0.2, -0.15) is 0 Å². The number of hydrogen-bond donors (Lipinski definition) is 1. The van der Waals surface area contributed by atoms with Crippen molar-refractivity contribution in [2.75, 3.05) is 29.5 Å². The molecule has 204 valence electrons. The second-order valence-electron chi connectivity index (χ2n) is 11.4. The molecule has 0 saturated heterocycles. The van der Waals surface area contributed by atoms with E-state index in [9.17, 15) is 13.2 Å². The summed E-state index contributed by atoms with van der Waals surface area (Å²) in [5, 5.41) is 0. The van der Waals surface area contributed by atoms with Crippen LogP contribution in [-0.4, -0.2) is 34.2 Å². The van der Waals surface area contributed by atoms with Crippen molar-refractivity contribution < 1.29 is 17.9 Å². The SMILES string of the molecule is COc1ccc(C(=O)N2CC3(CCC4(CC4)CC3)c3cc(NS(C)(=O)=O)ccc32)cc1SCc1ccccc1. The number of thioether (sulfide) groups is 1. The van der Waals surface area contributed by atoms with E-state index in [1.807, 2.05) is 53.4 Å². The lowest BCUT2D eigenvalue weighted by Crippen LogP contribution is -2.39. The van der Waals surface area contributed by atoms with E-state index in [-0.39, 0.29) is 11.3 Å². The average Bonchev–Trinajstić information content (AvgIpc) is 3.63. The molecule has 6 nitrogen and oxygen atoms in total. The van der Waals surface area contributed by atoms with Crippen molar-refractivity contribution >= 4 is 39.1 Å². The van der Waals surface area contributed by atoms with Crippen LogP contribution < -0.4 is 14.4 Å². The molecule has 8 heteroatoms. The Labute approximate surface area is 235 Å². The summed E-state index contributed by atoms with van der Waals surface area (Å²) in [6, 6.07) is 21.6. The van der Waals surface area contributed by atoms with Crippen molar-refractivity contribution in [3.8, 4) is 5.75 Å². The largest absolute Gasteiger partial charge is 0.496 e. The van der Waals surface area contributed by atoms with Crippen molar-refractivity contribution in [2.24, 2.45) is 5.41 Å². The van der Waals surface area contributed by atoms with Crippen LogP contribution in [-0.2, 0) is 21.2 Å². The number of rotatable bonds is 7. The van der Waals surface area contributed by atoms with E-state index >= 15 is 0 Å². The highest BCUT2D eigenvalue weighted by molar-refractivity contribution is 7.98. The summed E-state index contributed by atoms with van der Waals surface area (Å²) >= 11 is 1.66. The first-order valence-electron chi connectivity index (χ1n) is 13.5. The molecule has 2 spiro atoms. The topological polar surface area (TPSA) is 75.7 Å². The Balaban J connectivity index is 1.31. The maximum atomic E-state index is 14.1. The number of fused-ring (bicyclic) bond motifs is 2. The van der Waals surface area contributed by atoms with Crippen LogP contribution in [0, 0.1) is 5.41 Å². The molecular formula is C31H34N2O4S2. The van der Waals surface area contributed by atoms with Crippen molar-refractivity contribution in [1.29, 1.82) is 0 Å². The number of nitrogens with zero attached hydrogens (tertiary/aromatic N) is 1. The van der Waals surface area contributed by atoms with Gasteiger partial charge in [-0.1, -0.05) is 30.3 Å². The highest BCUT2D eigenvalue weighted by Crippen LogP contribution is 2.62. The van der Waals surface area contributed by atoms with Gasteiger partial charge in [0.2, 0.25) is 10.0 Å². The third-order valence-corrected chi connectivity index (χ3v) is 10.5. The van der Waals surface area contributed by atoms with Gasteiger partial charge < -0.3 is 9.64 Å². The Morgan fingerprint density at radius 2 is 1.69 bits per heavy atom. The minimum Gasteiger partial charge on any atom is -0.496 e. The molecule has 6 rings (SSSR count). The van der Waals surface area contributed by atoms with Crippen LogP contribution in [0.4, 0.5) is 11.4 Å². The molecule has 1 heterocycles. The van der Waals surface area contributed by atoms with E-state index in [1.54, 1.807) is 24.9 Å². The Kier molecular flexibility index (Phi) is 6.66. The molecular weight excluding hydrogens is 528 g/mol. The van der Waals surface area contributed by atoms with Crippen LogP contribution >= 0.6 is 11.8 Å². The first-order chi connectivity index (χ1) is 18.7. The molecule has 1 N–H and O–H groups in total. The van der Waals surface area contributed by atoms with Crippen LogP contribution in [0.15, 0.2) is 71.6 Å². The van der Waals surface area contributed by atoms with E-state index in [1.165, 1.54) is 37.5 Å². The summed E-state index contributed by atoms with van der Waals surface area (Å²) in [4.78, 5) is 16.9. The molecule has 0 aromatic heterocycles. The van der Waals surface area contributed by atoms with Gasteiger partial charge >= 0.3 is 0 Å². The number of carbonyl (C=O) groups is 1. The van der Waals surface area contributed by atoms with E-state index in [4.69, 9.17) is 4.74 Å². The summed E-state index contributed by atoms with van der Waals surface area (Å²) in [6.07, 6.45) is 8.16. The number of hydrogen-bond acceptors (Lipinski definition) is 5. The molecule has 0 unspecified atom stereocenters. The number of methoxy groups -OCH3 is 1. The fourth-order valence-electron chi connectivity index (χ4n) is 6.30. The summed E-state index contributed by atoms with van der Waals surface area (Å²) in [6.45, 7) is 0.623. The summed E-state index contributed by atoms with van der Waals surface area (Å²) < 4.78 is 32.2. The van der Waals surface area contributed by atoms with Gasteiger partial charge in [-0.05, 0) is 91.5 Å². The Hall–Kier alpha value is -2.97. The van der Waals surface area contributed by atoms with Gasteiger partial charge in [0, 0.05) is 34.7 Å². The number of nitrogens with one attached hydrogen (secondary N) is 1. The third-order valence-electron chi connectivity index (χ3n) is 8.74. The minimum absolute atomic E-state index is 0.0344. The van der Waals surface area contributed by atoms with Crippen molar-refractivity contribution in [3.63, 3.8) is 0 Å². The lowest BCUT2D eigenvalue weighted by atomic mass is 9.66. The molecule has 0 radical (unpaired) electrons. The molecule has 0 bridgehead atoms. The molecule has 2 aliphatic carbocycles. The van der Waals surface area contributed by atoms with Gasteiger partial charge in [-0.15, -0.1) is 11.8 Å². The van der Waals surface area contributed by atoms with Gasteiger partial charge in [0.25, 0.3) is 5.91 Å². The van der Waals surface area contributed by atoms with Gasteiger partial charge in [0.05, 0.1) is 18.3 Å². The Morgan fingerprint density at radius 1 is 0.974 bits per heavy atom. The molecule has 0 atom stereocenters. The summed E-state index contributed by atoms with van der Waals surface area (Å²) in [5.74, 6) is 1.50. The van der Waals surface area contributed by atoms with Crippen LogP contribution in [0.3, 0.4) is 0 Å². The molecule has 1 aliphatic heterocycles. The molecule has 3 aromatic carbocycles. The number of sulfonamides is 1. The predicted molar refractivity (Wildman–Crippen MR) is 157 cm³/mol. The van der Waals surface area contributed by atoms with E-state index in [0.717, 1.165) is 40.5 Å². The van der Waals surface area contributed by atoms with E-state index < -0.39 is 10.0 Å². The lowest BCUT2D eigenvalue weighted by molar-refractivity contribution is 0.0980. The maximum absolute atomic E-state index is 14.1. The monoisotopic (exact) mass is 562 g/mol. The normalized spacial score (nSPS) is 18.7. The number of anilines is 2. The standard InChI is InChI=1S/C31H34N2O4S2/c1-37-27-11-8-23(18-28(27)38-20-22-6-4-3-5-7-22)29(34)33-21-31(16-14-30(12-13-30)15-17-31)25-19-24(9-10-26(25)33)32-39(2,35)36/h3-11,18-19,32H,12-17,20-21H2,1-2H3. The first kappa shape index (κ1) is 26.3. The Bertz CT molecular complexity index is 1510. The van der Waals surface area contributed by atoms with E-state index in [2.05, 4.69) is 16.9 Å². The van der Waals surface area contributed by atoms with Gasteiger partial charge in [0.15, 0.2) is 0 Å². The second-order valence-corrected chi connectivity index (χ2v) is 14.2. The second kappa shape index (κ2) is 9.89. The predicted octanol–water partition coefficient (Wildman–Crippen LogP) is 6.61. The zero-order chi connectivity index (χ0) is 27.3. The van der Waals surface area contributed by atoms with Crippen LogP contribution in [0.5, 0.6) is 5.75 Å². The number of carbonyl (C=O) groups excluding carboxylic acids is 1. The Morgan fingerprint density at radius 3 is 2.36 bits per heavy atom. The van der Waals surface area contributed by atoms with Crippen LogP contribution in [0.1, 0.15) is 60.0 Å². The minimum atomic E-state index is -3.40. The molecule has 3 aromatic rings. The number of ether oxygens (including phenoxy) is 1.